The Kier molecular flexibility index (Phi) is 7.04. The van der Waals surface area contributed by atoms with E-state index in [0.717, 1.165) is 25.8 Å². The standard InChI is InChI=1S/C23H28N4O4S/c1-4-16-8-5-6-12-26(16)21(28)15-32-23-25-24-22(20-9-7-13-31-20)27(23)18-14-17(29-2)10-11-19(18)30-3/h7,9-11,13-14,16H,4-6,8,12,15H2,1-3H3. The smallest absolute Gasteiger partial charge is 0.233 e. The van der Waals surface area contributed by atoms with Crippen LogP contribution >= 0.6 is 11.8 Å². The molecule has 3 aromatic rings. The molecule has 0 bridgehead atoms. The van der Waals surface area contributed by atoms with Crippen molar-refractivity contribution in [2.24, 2.45) is 0 Å². The maximum Gasteiger partial charge on any atom is 0.233 e. The van der Waals surface area contributed by atoms with Gasteiger partial charge < -0.3 is 18.8 Å². The number of benzene rings is 1. The minimum atomic E-state index is 0.133. The van der Waals surface area contributed by atoms with Crippen LogP contribution in [0.25, 0.3) is 17.3 Å². The fraction of sp³-hybridized carbons (Fsp3) is 0.435. The number of hydrogen-bond acceptors (Lipinski definition) is 7. The molecule has 8 nitrogen and oxygen atoms in total. The minimum absolute atomic E-state index is 0.133. The first-order valence-electron chi connectivity index (χ1n) is 10.8. The molecule has 0 spiro atoms. The molecule has 32 heavy (non-hydrogen) atoms. The number of carbonyl (C=O) groups excluding carboxylic acids is 1. The molecule has 1 atom stereocenters. The summed E-state index contributed by atoms with van der Waals surface area (Å²) in [4.78, 5) is 15.1. The van der Waals surface area contributed by atoms with E-state index in [1.807, 2.05) is 33.7 Å². The van der Waals surface area contributed by atoms with Crippen molar-refractivity contribution in [3.05, 3.63) is 36.6 Å². The molecule has 0 N–H and O–H groups in total. The van der Waals surface area contributed by atoms with Gasteiger partial charge in [0, 0.05) is 18.7 Å². The van der Waals surface area contributed by atoms with Crippen LogP contribution in [0.15, 0.2) is 46.2 Å². The van der Waals surface area contributed by atoms with E-state index in [1.165, 1.54) is 18.2 Å². The normalized spacial score (nSPS) is 16.2. The summed E-state index contributed by atoms with van der Waals surface area (Å²) in [5.74, 6) is 2.83. The van der Waals surface area contributed by atoms with Crippen molar-refractivity contribution >= 4 is 17.7 Å². The third-order valence-corrected chi connectivity index (χ3v) is 6.66. The fourth-order valence-electron chi connectivity index (χ4n) is 4.08. The van der Waals surface area contributed by atoms with Crippen molar-refractivity contribution in [3.63, 3.8) is 0 Å². The number of hydrogen-bond donors (Lipinski definition) is 0. The number of amides is 1. The van der Waals surface area contributed by atoms with Gasteiger partial charge in [0.2, 0.25) is 11.7 Å². The van der Waals surface area contributed by atoms with Gasteiger partial charge in [0.05, 0.1) is 31.9 Å². The van der Waals surface area contributed by atoms with Crippen LogP contribution in [-0.2, 0) is 4.79 Å². The zero-order chi connectivity index (χ0) is 22.5. The topological polar surface area (TPSA) is 82.6 Å². The molecule has 9 heteroatoms. The van der Waals surface area contributed by atoms with Crippen molar-refractivity contribution in [3.8, 4) is 28.8 Å². The molecule has 170 valence electrons. The van der Waals surface area contributed by atoms with Crippen LogP contribution in [0, 0.1) is 0 Å². The van der Waals surface area contributed by atoms with Gasteiger partial charge in [-0.25, -0.2) is 0 Å². The lowest BCUT2D eigenvalue weighted by atomic mass is 10.0. The van der Waals surface area contributed by atoms with Gasteiger partial charge in [-0.05, 0) is 49.9 Å². The Morgan fingerprint density at radius 3 is 2.81 bits per heavy atom. The Bertz CT molecular complexity index is 1050. The largest absolute Gasteiger partial charge is 0.497 e. The van der Waals surface area contributed by atoms with E-state index in [9.17, 15) is 4.79 Å². The van der Waals surface area contributed by atoms with Gasteiger partial charge >= 0.3 is 0 Å². The van der Waals surface area contributed by atoms with Crippen LogP contribution in [0.5, 0.6) is 11.5 Å². The molecular weight excluding hydrogens is 428 g/mol. The minimum Gasteiger partial charge on any atom is -0.497 e. The summed E-state index contributed by atoms with van der Waals surface area (Å²) in [5, 5.41) is 9.33. The summed E-state index contributed by atoms with van der Waals surface area (Å²) in [6, 6.07) is 9.47. The first-order valence-corrected chi connectivity index (χ1v) is 11.8. The van der Waals surface area contributed by atoms with Crippen molar-refractivity contribution in [2.75, 3.05) is 26.5 Å². The second kappa shape index (κ2) is 10.1. The van der Waals surface area contributed by atoms with E-state index >= 15 is 0 Å². The van der Waals surface area contributed by atoms with Gasteiger partial charge in [0.1, 0.15) is 11.5 Å². The van der Waals surface area contributed by atoms with E-state index in [1.54, 1.807) is 26.5 Å². The monoisotopic (exact) mass is 456 g/mol. The van der Waals surface area contributed by atoms with E-state index in [-0.39, 0.29) is 5.91 Å². The van der Waals surface area contributed by atoms with Crippen LogP contribution in [-0.4, -0.2) is 58.1 Å². The van der Waals surface area contributed by atoms with Crippen molar-refractivity contribution in [1.82, 2.24) is 19.7 Å². The summed E-state index contributed by atoms with van der Waals surface area (Å²) in [7, 11) is 3.22. The molecule has 1 amide bonds. The lowest BCUT2D eigenvalue weighted by Crippen LogP contribution is -2.44. The van der Waals surface area contributed by atoms with Gasteiger partial charge in [-0.15, -0.1) is 10.2 Å². The highest BCUT2D eigenvalue weighted by atomic mass is 32.2. The van der Waals surface area contributed by atoms with Gasteiger partial charge in [-0.2, -0.15) is 0 Å². The van der Waals surface area contributed by atoms with E-state index in [0.29, 0.717) is 45.7 Å². The van der Waals surface area contributed by atoms with Crippen LogP contribution in [0.1, 0.15) is 32.6 Å². The third kappa shape index (κ3) is 4.48. The fourth-order valence-corrected chi connectivity index (χ4v) is 4.91. The number of carbonyl (C=O) groups is 1. The zero-order valence-corrected chi connectivity index (χ0v) is 19.4. The number of methoxy groups -OCH3 is 2. The summed E-state index contributed by atoms with van der Waals surface area (Å²) in [5.41, 5.74) is 0.711. The van der Waals surface area contributed by atoms with E-state index in [4.69, 9.17) is 13.9 Å². The first-order chi connectivity index (χ1) is 15.7. The molecule has 2 aromatic heterocycles. The number of likely N-dealkylation sites (tertiary alicyclic amines) is 1. The Hall–Kier alpha value is -2.94. The molecular formula is C23H28N4O4S. The highest BCUT2D eigenvalue weighted by Gasteiger charge is 2.27. The second-order valence-corrected chi connectivity index (χ2v) is 8.53. The molecule has 0 saturated carbocycles. The molecule has 1 aliphatic heterocycles. The highest BCUT2D eigenvalue weighted by Crippen LogP contribution is 2.35. The Labute approximate surface area is 191 Å². The van der Waals surface area contributed by atoms with Crippen molar-refractivity contribution in [1.29, 1.82) is 0 Å². The van der Waals surface area contributed by atoms with Gasteiger partial charge in [0.25, 0.3) is 0 Å². The summed E-state index contributed by atoms with van der Waals surface area (Å²) in [6.07, 6.45) is 5.90. The number of aromatic nitrogens is 3. The lowest BCUT2D eigenvalue weighted by molar-refractivity contribution is -0.132. The molecule has 1 saturated heterocycles. The van der Waals surface area contributed by atoms with Crippen LogP contribution in [0.4, 0.5) is 0 Å². The molecule has 0 aliphatic carbocycles. The van der Waals surface area contributed by atoms with Gasteiger partial charge in [0.15, 0.2) is 10.9 Å². The van der Waals surface area contributed by atoms with Gasteiger partial charge in [-0.3, -0.25) is 9.36 Å². The van der Waals surface area contributed by atoms with Crippen molar-refractivity contribution < 1.29 is 18.7 Å². The Morgan fingerprint density at radius 2 is 2.09 bits per heavy atom. The molecule has 1 aliphatic rings. The maximum atomic E-state index is 13.0. The van der Waals surface area contributed by atoms with Crippen molar-refractivity contribution in [2.45, 2.75) is 43.8 Å². The number of thioether (sulfide) groups is 1. The molecule has 4 rings (SSSR count). The quantitative estimate of drug-likeness (QED) is 0.464. The highest BCUT2D eigenvalue weighted by molar-refractivity contribution is 7.99. The SMILES string of the molecule is CCC1CCCCN1C(=O)CSc1nnc(-c2ccco2)n1-c1cc(OC)ccc1OC. The predicted molar refractivity (Wildman–Crippen MR) is 123 cm³/mol. The van der Waals surface area contributed by atoms with Crippen LogP contribution in [0.2, 0.25) is 0 Å². The summed E-state index contributed by atoms with van der Waals surface area (Å²) in [6.45, 7) is 2.97. The average molecular weight is 457 g/mol. The lowest BCUT2D eigenvalue weighted by Gasteiger charge is -2.35. The second-order valence-electron chi connectivity index (χ2n) is 7.59. The maximum absolute atomic E-state index is 13.0. The number of piperidine rings is 1. The van der Waals surface area contributed by atoms with Crippen LogP contribution in [0.3, 0.4) is 0 Å². The molecule has 0 radical (unpaired) electrons. The van der Waals surface area contributed by atoms with E-state index < -0.39 is 0 Å². The average Bonchev–Trinajstić information content (AvgIpc) is 3.51. The first kappa shape index (κ1) is 22.3. The summed E-state index contributed by atoms with van der Waals surface area (Å²) < 4.78 is 18.5. The summed E-state index contributed by atoms with van der Waals surface area (Å²) >= 11 is 1.37. The molecule has 1 unspecified atom stereocenters. The van der Waals surface area contributed by atoms with Gasteiger partial charge in [-0.1, -0.05) is 18.7 Å². The van der Waals surface area contributed by atoms with E-state index in [2.05, 4.69) is 17.1 Å². The number of ether oxygens (including phenoxy) is 2. The molecule has 1 fully saturated rings. The Morgan fingerprint density at radius 1 is 1.22 bits per heavy atom. The number of furan rings is 1. The number of nitrogens with zero attached hydrogens (tertiary/aromatic N) is 4. The molecule has 1 aromatic carbocycles. The predicted octanol–water partition coefficient (Wildman–Crippen LogP) is 4.43. The molecule has 3 heterocycles. The van der Waals surface area contributed by atoms with Crippen LogP contribution < -0.4 is 9.47 Å². The number of rotatable bonds is 8. The third-order valence-electron chi connectivity index (χ3n) is 5.75. The zero-order valence-electron chi connectivity index (χ0n) is 18.6. The Balaban J connectivity index is 1.67.